The predicted molar refractivity (Wildman–Crippen MR) is 92.4 cm³/mol. The summed E-state index contributed by atoms with van der Waals surface area (Å²) < 4.78 is 5.94. The Morgan fingerprint density at radius 1 is 1.33 bits per heavy atom. The molecule has 0 unspecified atom stereocenters. The van der Waals surface area contributed by atoms with Gasteiger partial charge in [0.25, 0.3) is 0 Å². The molecule has 2 rings (SSSR count). The summed E-state index contributed by atoms with van der Waals surface area (Å²) in [5, 5.41) is 0. The van der Waals surface area contributed by atoms with E-state index >= 15 is 0 Å². The molecule has 1 fully saturated rings. The van der Waals surface area contributed by atoms with Crippen molar-refractivity contribution in [1.29, 1.82) is 0 Å². The molecule has 1 heterocycles. The van der Waals surface area contributed by atoms with Crippen LogP contribution in [0.25, 0.3) is 0 Å². The van der Waals surface area contributed by atoms with Gasteiger partial charge in [-0.15, -0.1) is 0 Å². The summed E-state index contributed by atoms with van der Waals surface area (Å²) in [6, 6.07) is 7.21. The Bertz CT molecular complexity index is 494. The molecule has 0 atom stereocenters. The number of thioether (sulfide) groups is 1. The minimum Gasteiger partial charge on any atom is -0.497 e. The fourth-order valence-corrected chi connectivity index (χ4v) is 3.42. The van der Waals surface area contributed by atoms with Crippen LogP contribution in [0.5, 0.6) is 5.75 Å². The number of thiocarbonyl (C=S) groups is 1. The van der Waals surface area contributed by atoms with E-state index < -0.39 is 0 Å². The fraction of sp³-hybridized carbons (Fsp3) is 0.500. The van der Waals surface area contributed by atoms with Gasteiger partial charge in [0.15, 0.2) is 5.78 Å². The first kappa shape index (κ1) is 16.3. The van der Waals surface area contributed by atoms with Crippen LogP contribution in [0.3, 0.4) is 0 Å². The maximum Gasteiger partial charge on any atom is 0.173 e. The highest BCUT2D eigenvalue weighted by Crippen LogP contribution is 2.21. The second-order valence-corrected chi connectivity index (χ2v) is 6.98. The Balaban J connectivity index is 1.81. The van der Waals surface area contributed by atoms with E-state index in [1.165, 1.54) is 24.6 Å². The third-order valence-corrected chi connectivity index (χ3v) is 5.30. The van der Waals surface area contributed by atoms with E-state index in [1.807, 2.05) is 12.1 Å². The molecule has 3 nitrogen and oxygen atoms in total. The summed E-state index contributed by atoms with van der Waals surface area (Å²) in [7, 11) is 1.62. The number of ether oxygens (including phenoxy) is 1. The molecule has 0 saturated carbocycles. The molecule has 1 aliphatic heterocycles. The minimum atomic E-state index is 0.107. The lowest BCUT2D eigenvalue weighted by Gasteiger charge is -2.31. The molecule has 0 amide bonds. The van der Waals surface area contributed by atoms with Crippen LogP contribution in [-0.4, -0.2) is 41.0 Å². The Hall–Kier alpha value is -1.07. The molecule has 114 valence electrons. The van der Waals surface area contributed by atoms with E-state index in [0.29, 0.717) is 11.3 Å². The summed E-state index contributed by atoms with van der Waals surface area (Å²) in [5.41, 5.74) is 0.707. The number of nitrogens with zero attached hydrogens (tertiary/aromatic N) is 1. The van der Waals surface area contributed by atoms with Crippen molar-refractivity contribution in [2.24, 2.45) is 5.92 Å². The zero-order valence-corrected chi connectivity index (χ0v) is 14.1. The average Bonchev–Trinajstić information content (AvgIpc) is 2.53. The lowest BCUT2D eigenvalue weighted by atomic mass is 10.00. The highest BCUT2D eigenvalue weighted by atomic mass is 32.2. The van der Waals surface area contributed by atoms with Crippen LogP contribution >= 0.6 is 24.0 Å². The van der Waals surface area contributed by atoms with Crippen LogP contribution in [-0.2, 0) is 0 Å². The molecule has 1 aliphatic rings. The van der Waals surface area contributed by atoms with Crippen molar-refractivity contribution in [3.8, 4) is 5.75 Å². The van der Waals surface area contributed by atoms with Crippen LogP contribution in [0.2, 0.25) is 0 Å². The van der Waals surface area contributed by atoms with Crippen molar-refractivity contribution < 1.29 is 9.53 Å². The van der Waals surface area contributed by atoms with Gasteiger partial charge < -0.3 is 9.64 Å². The van der Waals surface area contributed by atoms with Gasteiger partial charge in [0, 0.05) is 18.7 Å². The highest BCUT2D eigenvalue weighted by molar-refractivity contribution is 8.23. The number of piperidine rings is 1. The van der Waals surface area contributed by atoms with E-state index in [9.17, 15) is 4.79 Å². The van der Waals surface area contributed by atoms with Crippen LogP contribution < -0.4 is 4.74 Å². The lowest BCUT2D eigenvalue weighted by Crippen LogP contribution is -2.35. The van der Waals surface area contributed by atoms with Gasteiger partial charge in [0.2, 0.25) is 0 Å². The maximum absolute atomic E-state index is 12.1. The van der Waals surface area contributed by atoms with Crippen LogP contribution in [0.15, 0.2) is 24.3 Å². The Morgan fingerprint density at radius 3 is 2.52 bits per heavy atom. The zero-order valence-electron chi connectivity index (χ0n) is 12.5. The number of hydrogen-bond acceptors (Lipinski definition) is 4. The van der Waals surface area contributed by atoms with E-state index in [-0.39, 0.29) is 5.78 Å². The first-order valence-corrected chi connectivity index (χ1v) is 8.58. The molecular weight excluding hydrogens is 302 g/mol. The molecule has 1 aromatic rings. The van der Waals surface area contributed by atoms with E-state index in [1.54, 1.807) is 19.2 Å². The Morgan fingerprint density at radius 2 is 1.95 bits per heavy atom. The number of rotatable bonds is 4. The molecule has 0 spiro atoms. The number of Topliss-reactive ketones (excluding diaryl/α,β-unsaturated/α-hetero) is 1. The van der Waals surface area contributed by atoms with E-state index in [2.05, 4.69) is 11.8 Å². The van der Waals surface area contributed by atoms with Gasteiger partial charge in [-0.25, -0.2) is 0 Å². The van der Waals surface area contributed by atoms with E-state index in [4.69, 9.17) is 17.0 Å². The Kier molecular flexibility index (Phi) is 6.06. The topological polar surface area (TPSA) is 29.5 Å². The first-order chi connectivity index (χ1) is 10.1. The quantitative estimate of drug-likeness (QED) is 0.623. The number of carbonyl (C=O) groups excluding carboxylic acids is 1. The predicted octanol–water partition coefficient (Wildman–Crippen LogP) is 3.63. The van der Waals surface area contributed by atoms with Gasteiger partial charge in [-0.3, -0.25) is 4.79 Å². The minimum absolute atomic E-state index is 0.107. The third-order valence-electron chi connectivity index (χ3n) is 3.78. The average molecular weight is 323 g/mol. The first-order valence-electron chi connectivity index (χ1n) is 7.19. The molecule has 0 radical (unpaired) electrons. The van der Waals surface area contributed by atoms with E-state index in [0.717, 1.165) is 29.1 Å². The molecule has 1 aromatic carbocycles. The van der Waals surface area contributed by atoms with Crippen molar-refractivity contribution in [1.82, 2.24) is 4.90 Å². The van der Waals surface area contributed by atoms with Crippen molar-refractivity contribution >= 4 is 34.1 Å². The number of methoxy groups -OCH3 is 1. The molecule has 0 aromatic heterocycles. The van der Waals surface area contributed by atoms with Crippen molar-refractivity contribution in [3.05, 3.63) is 29.8 Å². The third kappa shape index (κ3) is 4.71. The standard InChI is InChI=1S/C16H21NO2S2/c1-12-7-9-17(10-8-12)16(20)21-11-15(18)13-3-5-14(19-2)6-4-13/h3-6,12H,7-11H2,1-2H3. The molecule has 0 aliphatic carbocycles. The lowest BCUT2D eigenvalue weighted by molar-refractivity contribution is 0.102. The normalized spacial score (nSPS) is 15.8. The van der Waals surface area contributed by atoms with Crippen LogP contribution in [0.1, 0.15) is 30.1 Å². The number of hydrogen-bond donors (Lipinski definition) is 0. The van der Waals surface area contributed by atoms with Gasteiger partial charge in [-0.05, 0) is 43.0 Å². The molecule has 21 heavy (non-hydrogen) atoms. The maximum atomic E-state index is 12.1. The summed E-state index contributed by atoms with van der Waals surface area (Å²) in [6.07, 6.45) is 2.38. The molecular formula is C16H21NO2S2. The van der Waals surface area contributed by atoms with Gasteiger partial charge in [0.05, 0.1) is 12.9 Å². The van der Waals surface area contributed by atoms with Crippen LogP contribution in [0, 0.1) is 5.92 Å². The van der Waals surface area contributed by atoms with Gasteiger partial charge >= 0.3 is 0 Å². The summed E-state index contributed by atoms with van der Waals surface area (Å²) in [4.78, 5) is 14.4. The molecule has 0 N–H and O–H groups in total. The number of ketones is 1. The summed E-state index contributed by atoms with van der Waals surface area (Å²) in [5.74, 6) is 2.06. The number of likely N-dealkylation sites (tertiary alicyclic amines) is 1. The monoisotopic (exact) mass is 323 g/mol. The smallest absolute Gasteiger partial charge is 0.173 e. The largest absolute Gasteiger partial charge is 0.497 e. The fourth-order valence-electron chi connectivity index (χ4n) is 2.27. The van der Waals surface area contributed by atoms with Crippen LogP contribution in [0.4, 0.5) is 0 Å². The van der Waals surface area contributed by atoms with Gasteiger partial charge in [-0.1, -0.05) is 30.9 Å². The molecule has 5 heteroatoms. The highest BCUT2D eigenvalue weighted by Gasteiger charge is 2.19. The number of benzene rings is 1. The molecule has 1 saturated heterocycles. The summed E-state index contributed by atoms with van der Waals surface area (Å²) in [6.45, 7) is 4.31. The summed E-state index contributed by atoms with van der Waals surface area (Å²) >= 11 is 6.91. The second-order valence-electron chi connectivity index (χ2n) is 5.38. The van der Waals surface area contributed by atoms with Gasteiger partial charge in [-0.2, -0.15) is 0 Å². The van der Waals surface area contributed by atoms with Crippen molar-refractivity contribution in [2.45, 2.75) is 19.8 Å². The molecule has 0 bridgehead atoms. The SMILES string of the molecule is COc1ccc(C(=O)CSC(=S)N2CCC(C)CC2)cc1. The van der Waals surface area contributed by atoms with Gasteiger partial charge in [0.1, 0.15) is 10.1 Å². The van der Waals surface area contributed by atoms with Crippen molar-refractivity contribution in [3.63, 3.8) is 0 Å². The zero-order chi connectivity index (χ0) is 15.2. The number of carbonyl (C=O) groups is 1. The second kappa shape index (κ2) is 7.80. The van der Waals surface area contributed by atoms with Crippen molar-refractivity contribution in [2.75, 3.05) is 26.0 Å². The Labute approximate surface area is 136 Å².